The zero-order valence-corrected chi connectivity index (χ0v) is 11.0. The Morgan fingerprint density at radius 3 is 2.94 bits per heavy atom. The summed E-state index contributed by atoms with van der Waals surface area (Å²) in [6, 6.07) is 8.91. The minimum absolute atomic E-state index is 0.216. The van der Waals surface area contributed by atoms with E-state index >= 15 is 0 Å². The van der Waals surface area contributed by atoms with Gasteiger partial charge in [0.2, 0.25) is 0 Å². The van der Waals surface area contributed by atoms with E-state index in [0.29, 0.717) is 17.1 Å². The van der Waals surface area contributed by atoms with Gasteiger partial charge in [-0.3, -0.25) is 0 Å². The van der Waals surface area contributed by atoms with Crippen molar-refractivity contribution in [1.82, 2.24) is 5.32 Å². The van der Waals surface area contributed by atoms with Crippen LogP contribution in [0.25, 0.3) is 0 Å². The molecule has 17 heavy (non-hydrogen) atoms. The molecule has 0 aliphatic rings. The molecule has 1 aromatic carbocycles. The first-order valence-electron chi connectivity index (χ1n) is 5.37. The van der Waals surface area contributed by atoms with Gasteiger partial charge < -0.3 is 5.32 Å². The standard InChI is InChI=1S/C13H13ClFNS/c1-9(13-3-2-6-17-13)16-8-10-7-11(14)4-5-12(10)15/h2-7,9,16H,8H2,1H3. The van der Waals surface area contributed by atoms with Crippen LogP contribution in [0.1, 0.15) is 23.4 Å². The molecule has 1 aromatic heterocycles. The van der Waals surface area contributed by atoms with Crippen LogP contribution in [0.3, 0.4) is 0 Å². The molecule has 0 saturated heterocycles. The minimum Gasteiger partial charge on any atom is -0.305 e. The smallest absolute Gasteiger partial charge is 0.127 e. The quantitative estimate of drug-likeness (QED) is 0.868. The molecular formula is C13H13ClFNS. The van der Waals surface area contributed by atoms with Crippen LogP contribution in [0.5, 0.6) is 0 Å². The molecule has 90 valence electrons. The van der Waals surface area contributed by atoms with E-state index in [1.54, 1.807) is 23.5 Å². The number of halogens is 2. The van der Waals surface area contributed by atoms with E-state index in [1.807, 2.05) is 11.4 Å². The third-order valence-corrected chi connectivity index (χ3v) is 3.87. The summed E-state index contributed by atoms with van der Waals surface area (Å²) in [5.41, 5.74) is 0.598. The van der Waals surface area contributed by atoms with E-state index in [4.69, 9.17) is 11.6 Å². The van der Waals surface area contributed by atoms with Crippen LogP contribution in [0.15, 0.2) is 35.7 Å². The van der Waals surface area contributed by atoms with Gasteiger partial charge in [-0.05, 0) is 36.6 Å². The Labute approximate surface area is 109 Å². The Morgan fingerprint density at radius 1 is 1.41 bits per heavy atom. The second-order valence-electron chi connectivity index (χ2n) is 3.85. The van der Waals surface area contributed by atoms with Gasteiger partial charge in [0.05, 0.1) is 0 Å². The summed E-state index contributed by atoms with van der Waals surface area (Å²) in [4.78, 5) is 1.24. The number of hydrogen-bond acceptors (Lipinski definition) is 2. The highest BCUT2D eigenvalue weighted by atomic mass is 35.5. The van der Waals surface area contributed by atoms with E-state index < -0.39 is 0 Å². The lowest BCUT2D eigenvalue weighted by Gasteiger charge is -2.12. The summed E-state index contributed by atoms with van der Waals surface area (Å²) in [5.74, 6) is -0.222. The largest absolute Gasteiger partial charge is 0.305 e. The van der Waals surface area contributed by atoms with Crippen LogP contribution in [-0.4, -0.2) is 0 Å². The average molecular weight is 270 g/mol. The van der Waals surface area contributed by atoms with Gasteiger partial charge in [-0.1, -0.05) is 17.7 Å². The maximum Gasteiger partial charge on any atom is 0.127 e. The van der Waals surface area contributed by atoms with Crippen molar-refractivity contribution >= 4 is 22.9 Å². The minimum atomic E-state index is -0.222. The molecule has 0 saturated carbocycles. The lowest BCUT2D eigenvalue weighted by Crippen LogP contribution is -2.17. The summed E-state index contributed by atoms with van der Waals surface area (Å²) < 4.78 is 13.5. The molecule has 0 spiro atoms. The molecule has 0 fully saturated rings. The normalized spacial score (nSPS) is 12.6. The molecule has 1 N–H and O–H groups in total. The van der Waals surface area contributed by atoms with E-state index in [0.717, 1.165) is 0 Å². The fraction of sp³-hybridized carbons (Fsp3) is 0.231. The van der Waals surface area contributed by atoms with Crippen molar-refractivity contribution < 1.29 is 4.39 Å². The van der Waals surface area contributed by atoms with Gasteiger partial charge in [-0.15, -0.1) is 11.3 Å². The molecule has 1 nitrogen and oxygen atoms in total. The van der Waals surface area contributed by atoms with Crippen molar-refractivity contribution in [2.24, 2.45) is 0 Å². The van der Waals surface area contributed by atoms with Gasteiger partial charge in [0.1, 0.15) is 5.82 Å². The van der Waals surface area contributed by atoms with Gasteiger partial charge >= 0.3 is 0 Å². The van der Waals surface area contributed by atoms with E-state index in [1.165, 1.54) is 10.9 Å². The maximum absolute atomic E-state index is 13.5. The summed E-state index contributed by atoms with van der Waals surface area (Å²) in [5, 5.41) is 5.88. The highest BCUT2D eigenvalue weighted by molar-refractivity contribution is 7.10. The number of rotatable bonds is 4. The van der Waals surface area contributed by atoms with Crippen LogP contribution in [0.4, 0.5) is 4.39 Å². The van der Waals surface area contributed by atoms with Gasteiger partial charge in [0, 0.05) is 28.0 Å². The number of nitrogens with one attached hydrogen (secondary N) is 1. The van der Waals surface area contributed by atoms with Gasteiger partial charge in [0.15, 0.2) is 0 Å². The average Bonchev–Trinajstić information content (AvgIpc) is 2.83. The van der Waals surface area contributed by atoms with E-state index in [2.05, 4.69) is 18.3 Å². The number of hydrogen-bond donors (Lipinski definition) is 1. The number of thiophene rings is 1. The second kappa shape index (κ2) is 5.63. The lowest BCUT2D eigenvalue weighted by atomic mass is 10.2. The predicted octanol–water partition coefficient (Wildman–Crippen LogP) is 4.39. The summed E-state index contributed by atoms with van der Waals surface area (Å²) >= 11 is 7.53. The third kappa shape index (κ3) is 3.28. The maximum atomic E-state index is 13.5. The first-order valence-corrected chi connectivity index (χ1v) is 6.63. The van der Waals surface area contributed by atoms with E-state index in [-0.39, 0.29) is 11.9 Å². The van der Waals surface area contributed by atoms with Crippen molar-refractivity contribution in [2.45, 2.75) is 19.5 Å². The number of benzene rings is 1. The second-order valence-corrected chi connectivity index (χ2v) is 5.27. The van der Waals surface area contributed by atoms with Crippen LogP contribution in [0.2, 0.25) is 5.02 Å². The SMILES string of the molecule is CC(NCc1cc(Cl)ccc1F)c1cccs1. The molecule has 0 radical (unpaired) electrons. The molecule has 2 rings (SSSR count). The van der Waals surface area contributed by atoms with Crippen molar-refractivity contribution in [3.8, 4) is 0 Å². The summed E-state index contributed by atoms with van der Waals surface area (Å²) in [6.45, 7) is 2.54. The molecule has 0 bridgehead atoms. The molecule has 1 unspecified atom stereocenters. The third-order valence-electron chi connectivity index (χ3n) is 2.58. The van der Waals surface area contributed by atoms with Crippen LogP contribution < -0.4 is 5.32 Å². The van der Waals surface area contributed by atoms with Gasteiger partial charge in [-0.2, -0.15) is 0 Å². The monoisotopic (exact) mass is 269 g/mol. The Balaban J connectivity index is 2.00. The van der Waals surface area contributed by atoms with Gasteiger partial charge in [0.25, 0.3) is 0 Å². The lowest BCUT2D eigenvalue weighted by molar-refractivity contribution is 0.549. The molecule has 2 aromatic rings. The molecule has 0 aliphatic carbocycles. The molecular weight excluding hydrogens is 257 g/mol. The van der Waals surface area contributed by atoms with Crippen molar-refractivity contribution in [2.75, 3.05) is 0 Å². The Kier molecular flexibility index (Phi) is 4.15. The first-order chi connectivity index (χ1) is 8.16. The van der Waals surface area contributed by atoms with Gasteiger partial charge in [-0.25, -0.2) is 4.39 Å². The Bertz CT molecular complexity index is 484. The first kappa shape index (κ1) is 12.6. The Hall–Kier alpha value is -0.900. The predicted molar refractivity (Wildman–Crippen MR) is 71.0 cm³/mol. The van der Waals surface area contributed by atoms with Crippen LogP contribution in [0, 0.1) is 5.82 Å². The zero-order valence-electron chi connectivity index (χ0n) is 9.41. The summed E-state index contributed by atoms with van der Waals surface area (Å²) in [6.07, 6.45) is 0. The van der Waals surface area contributed by atoms with Crippen molar-refractivity contribution in [3.05, 3.63) is 57.0 Å². The highest BCUT2D eigenvalue weighted by Crippen LogP contribution is 2.20. The van der Waals surface area contributed by atoms with Crippen LogP contribution in [-0.2, 0) is 6.54 Å². The Morgan fingerprint density at radius 2 is 2.24 bits per heavy atom. The van der Waals surface area contributed by atoms with E-state index in [9.17, 15) is 4.39 Å². The fourth-order valence-corrected chi connectivity index (χ4v) is 2.53. The fourth-order valence-electron chi connectivity index (χ4n) is 1.58. The molecule has 0 amide bonds. The summed E-state index contributed by atoms with van der Waals surface area (Å²) in [7, 11) is 0. The molecule has 0 aliphatic heterocycles. The molecule has 4 heteroatoms. The highest BCUT2D eigenvalue weighted by Gasteiger charge is 2.08. The van der Waals surface area contributed by atoms with Crippen molar-refractivity contribution in [1.29, 1.82) is 0 Å². The molecule has 1 heterocycles. The zero-order chi connectivity index (χ0) is 12.3. The topological polar surface area (TPSA) is 12.0 Å². The van der Waals surface area contributed by atoms with Crippen LogP contribution >= 0.6 is 22.9 Å². The van der Waals surface area contributed by atoms with Crippen molar-refractivity contribution in [3.63, 3.8) is 0 Å². The molecule has 1 atom stereocenters.